The minimum Gasteiger partial charge on any atom is -0.462 e. The second kappa shape index (κ2) is 8.49. The SMILES string of the molecule is CCOC(=O)c1ccc(NC(=O)[C@@H](C)Sc2n[nH]c(CC)n2)cc1. The van der Waals surface area contributed by atoms with Crippen LogP contribution in [0.15, 0.2) is 29.4 Å². The third kappa shape index (κ3) is 4.82. The first kappa shape index (κ1) is 18.0. The van der Waals surface area contributed by atoms with Crippen molar-refractivity contribution in [3.05, 3.63) is 35.7 Å². The maximum absolute atomic E-state index is 12.2. The highest BCUT2D eigenvalue weighted by molar-refractivity contribution is 8.00. The van der Waals surface area contributed by atoms with Gasteiger partial charge >= 0.3 is 5.97 Å². The van der Waals surface area contributed by atoms with Gasteiger partial charge in [0.15, 0.2) is 0 Å². The van der Waals surface area contributed by atoms with Crippen LogP contribution in [0.25, 0.3) is 0 Å². The molecule has 2 N–H and O–H groups in total. The van der Waals surface area contributed by atoms with Crippen molar-refractivity contribution >= 4 is 29.3 Å². The van der Waals surface area contributed by atoms with E-state index in [4.69, 9.17) is 4.74 Å². The smallest absolute Gasteiger partial charge is 0.338 e. The van der Waals surface area contributed by atoms with Crippen LogP contribution in [-0.4, -0.2) is 38.9 Å². The molecule has 8 heteroatoms. The van der Waals surface area contributed by atoms with Gasteiger partial charge in [-0.25, -0.2) is 9.78 Å². The summed E-state index contributed by atoms with van der Waals surface area (Å²) in [7, 11) is 0. The molecule has 1 aromatic carbocycles. The second-order valence-corrected chi connectivity index (χ2v) is 6.27. The van der Waals surface area contributed by atoms with Crippen LogP contribution in [0.4, 0.5) is 5.69 Å². The first-order valence-corrected chi connectivity index (χ1v) is 8.57. The molecule has 0 aliphatic heterocycles. The van der Waals surface area contributed by atoms with E-state index in [1.54, 1.807) is 38.1 Å². The van der Waals surface area contributed by atoms with Crippen LogP contribution >= 0.6 is 11.8 Å². The quantitative estimate of drug-likeness (QED) is 0.590. The van der Waals surface area contributed by atoms with Gasteiger partial charge in [-0.2, -0.15) is 0 Å². The molecule has 2 aromatic rings. The van der Waals surface area contributed by atoms with E-state index < -0.39 is 0 Å². The highest BCUT2D eigenvalue weighted by Crippen LogP contribution is 2.21. The largest absolute Gasteiger partial charge is 0.462 e. The third-order valence-corrected chi connectivity index (χ3v) is 4.12. The number of nitrogens with one attached hydrogen (secondary N) is 2. The van der Waals surface area contributed by atoms with Gasteiger partial charge in [0.2, 0.25) is 11.1 Å². The number of carbonyl (C=O) groups excluding carboxylic acids is 2. The van der Waals surface area contributed by atoms with Crippen LogP contribution in [0.1, 0.15) is 37.0 Å². The van der Waals surface area contributed by atoms with Crippen molar-refractivity contribution in [2.75, 3.05) is 11.9 Å². The fourth-order valence-electron chi connectivity index (χ4n) is 1.85. The minimum atomic E-state index is -0.379. The number of benzene rings is 1. The van der Waals surface area contributed by atoms with Crippen molar-refractivity contribution < 1.29 is 14.3 Å². The van der Waals surface area contributed by atoms with Gasteiger partial charge in [0, 0.05) is 12.1 Å². The molecule has 1 aromatic heterocycles. The van der Waals surface area contributed by atoms with Crippen LogP contribution in [0.2, 0.25) is 0 Å². The Kier molecular flexibility index (Phi) is 6.36. The Labute approximate surface area is 144 Å². The van der Waals surface area contributed by atoms with Crippen molar-refractivity contribution in [2.24, 2.45) is 0 Å². The molecule has 0 saturated carbocycles. The summed E-state index contributed by atoms with van der Waals surface area (Å²) in [5, 5.41) is 9.88. The fraction of sp³-hybridized carbons (Fsp3) is 0.375. The number of nitrogens with zero attached hydrogens (tertiary/aromatic N) is 2. The average Bonchev–Trinajstić information content (AvgIpc) is 3.03. The van der Waals surface area contributed by atoms with Crippen LogP contribution in [-0.2, 0) is 16.0 Å². The van der Waals surface area contributed by atoms with E-state index in [0.717, 1.165) is 12.2 Å². The molecule has 2 rings (SSSR count). The summed E-state index contributed by atoms with van der Waals surface area (Å²) in [6.45, 7) is 5.84. The number of aromatic amines is 1. The molecule has 0 bridgehead atoms. The molecular weight excluding hydrogens is 328 g/mol. The molecule has 0 radical (unpaired) electrons. The summed E-state index contributed by atoms with van der Waals surface area (Å²) in [5.74, 6) is 0.252. The highest BCUT2D eigenvalue weighted by atomic mass is 32.2. The first-order chi connectivity index (χ1) is 11.5. The summed E-state index contributed by atoms with van der Waals surface area (Å²) in [6.07, 6.45) is 0.765. The van der Waals surface area contributed by atoms with Gasteiger partial charge in [-0.1, -0.05) is 18.7 Å². The fourth-order valence-corrected chi connectivity index (χ4v) is 2.59. The molecule has 24 heavy (non-hydrogen) atoms. The molecule has 1 heterocycles. The van der Waals surface area contributed by atoms with E-state index in [0.29, 0.717) is 23.0 Å². The van der Waals surface area contributed by atoms with Crippen LogP contribution < -0.4 is 5.32 Å². The lowest BCUT2D eigenvalue weighted by Crippen LogP contribution is -2.22. The molecule has 0 fully saturated rings. The number of amides is 1. The molecule has 0 saturated heterocycles. The number of aromatic nitrogens is 3. The molecule has 128 valence electrons. The lowest BCUT2D eigenvalue weighted by molar-refractivity contribution is -0.115. The standard InChI is InChI=1S/C16H20N4O3S/c1-4-13-18-16(20-19-13)24-10(3)14(21)17-12-8-6-11(7-9-12)15(22)23-5-2/h6-10H,4-5H2,1-3H3,(H,17,21)(H,18,19,20)/t10-/m1/s1. The number of thioether (sulfide) groups is 1. The monoisotopic (exact) mass is 348 g/mol. The zero-order chi connectivity index (χ0) is 17.5. The Hall–Kier alpha value is -2.35. The van der Waals surface area contributed by atoms with Gasteiger partial charge in [0.1, 0.15) is 5.82 Å². The number of hydrogen-bond donors (Lipinski definition) is 2. The summed E-state index contributed by atoms with van der Waals surface area (Å²) in [4.78, 5) is 28.1. The molecule has 1 atom stereocenters. The number of H-pyrrole nitrogens is 1. The third-order valence-electron chi connectivity index (χ3n) is 3.16. The predicted molar refractivity (Wildman–Crippen MR) is 92.1 cm³/mol. The van der Waals surface area contributed by atoms with Crippen molar-refractivity contribution in [1.29, 1.82) is 0 Å². The topological polar surface area (TPSA) is 97.0 Å². The zero-order valence-electron chi connectivity index (χ0n) is 13.8. The van der Waals surface area contributed by atoms with Crippen molar-refractivity contribution in [2.45, 2.75) is 37.6 Å². The van der Waals surface area contributed by atoms with Crippen molar-refractivity contribution in [3.8, 4) is 0 Å². The van der Waals surface area contributed by atoms with E-state index in [1.165, 1.54) is 11.8 Å². The van der Waals surface area contributed by atoms with Crippen LogP contribution in [0.5, 0.6) is 0 Å². The van der Waals surface area contributed by atoms with E-state index in [1.807, 2.05) is 6.92 Å². The van der Waals surface area contributed by atoms with E-state index in [-0.39, 0.29) is 17.1 Å². The molecule has 7 nitrogen and oxygen atoms in total. The van der Waals surface area contributed by atoms with E-state index in [9.17, 15) is 9.59 Å². The number of aryl methyl sites for hydroxylation is 1. The van der Waals surface area contributed by atoms with E-state index >= 15 is 0 Å². The molecular formula is C16H20N4O3S. The predicted octanol–water partition coefficient (Wildman–Crippen LogP) is 2.66. The van der Waals surface area contributed by atoms with Crippen LogP contribution in [0, 0.1) is 0 Å². The maximum atomic E-state index is 12.2. The van der Waals surface area contributed by atoms with Gasteiger partial charge in [-0.15, -0.1) is 5.10 Å². The van der Waals surface area contributed by atoms with Gasteiger partial charge in [0.25, 0.3) is 0 Å². The number of rotatable bonds is 7. The average molecular weight is 348 g/mol. The van der Waals surface area contributed by atoms with Crippen molar-refractivity contribution in [1.82, 2.24) is 15.2 Å². The minimum absolute atomic E-state index is 0.160. The number of hydrogen-bond acceptors (Lipinski definition) is 6. The summed E-state index contributed by atoms with van der Waals surface area (Å²) in [6, 6.07) is 6.58. The molecule has 0 spiro atoms. The number of anilines is 1. The Morgan fingerprint density at radius 3 is 2.58 bits per heavy atom. The lowest BCUT2D eigenvalue weighted by Gasteiger charge is -2.10. The van der Waals surface area contributed by atoms with Gasteiger partial charge in [-0.05, 0) is 38.1 Å². The van der Waals surface area contributed by atoms with Gasteiger partial charge in [0.05, 0.1) is 17.4 Å². The molecule has 0 aliphatic carbocycles. The normalized spacial score (nSPS) is 11.8. The highest BCUT2D eigenvalue weighted by Gasteiger charge is 2.17. The summed E-state index contributed by atoms with van der Waals surface area (Å²) in [5.41, 5.74) is 1.06. The van der Waals surface area contributed by atoms with Crippen molar-refractivity contribution in [3.63, 3.8) is 0 Å². The Balaban J connectivity index is 1.92. The molecule has 0 unspecified atom stereocenters. The lowest BCUT2D eigenvalue weighted by atomic mass is 10.2. The maximum Gasteiger partial charge on any atom is 0.338 e. The summed E-state index contributed by atoms with van der Waals surface area (Å²) >= 11 is 1.28. The van der Waals surface area contributed by atoms with Gasteiger partial charge < -0.3 is 10.1 Å². The first-order valence-electron chi connectivity index (χ1n) is 7.69. The van der Waals surface area contributed by atoms with Crippen LogP contribution in [0.3, 0.4) is 0 Å². The number of esters is 1. The molecule has 1 amide bonds. The number of carbonyl (C=O) groups is 2. The van der Waals surface area contributed by atoms with E-state index in [2.05, 4.69) is 20.5 Å². The Morgan fingerprint density at radius 1 is 1.29 bits per heavy atom. The second-order valence-electron chi connectivity index (χ2n) is 4.97. The molecule has 0 aliphatic rings. The zero-order valence-corrected chi connectivity index (χ0v) is 14.6. The Morgan fingerprint density at radius 2 is 2.00 bits per heavy atom. The number of ether oxygens (including phenoxy) is 1. The summed E-state index contributed by atoms with van der Waals surface area (Å²) < 4.78 is 4.92. The van der Waals surface area contributed by atoms with Gasteiger partial charge in [-0.3, -0.25) is 9.89 Å². The Bertz CT molecular complexity index is 700.